The van der Waals surface area contributed by atoms with E-state index in [0.29, 0.717) is 5.95 Å². The molecule has 2 N–H and O–H groups in total. The van der Waals surface area contributed by atoms with Crippen LogP contribution in [0.3, 0.4) is 0 Å². The van der Waals surface area contributed by atoms with Crippen molar-refractivity contribution < 1.29 is 10.2 Å². The van der Waals surface area contributed by atoms with Crippen molar-refractivity contribution in [2.45, 2.75) is 6.10 Å². The predicted molar refractivity (Wildman–Crippen MR) is 91.3 cm³/mol. The zero-order chi connectivity index (χ0) is 16.2. The van der Waals surface area contributed by atoms with Crippen molar-refractivity contribution in [1.82, 2.24) is 9.97 Å². The number of benzene rings is 2. The first kappa shape index (κ1) is 15.4. The lowest BCUT2D eigenvalue weighted by atomic mass is 10.1. The van der Waals surface area contributed by atoms with Crippen molar-refractivity contribution >= 4 is 16.9 Å². The van der Waals surface area contributed by atoms with Crippen LogP contribution in [0, 0.1) is 0 Å². The summed E-state index contributed by atoms with van der Waals surface area (Å²) in [6.45, 7) is -0.0213. The molecule has 0 unspecified atom stereocenters. The molecule has 5 heteroatoms. The number of anilines is 1. The highest BCUT2D eigenvalue weighted by atomic mass is 16.3. The van der Waals surface area contributed by atoms with Gasteiger partial charge in [0.15, 0.2) is 0 Å². The van der Waals surface area contributed by atoms with Crippen molar-refractivity contribution in [3.63, 3.8) is 0 Å². The van der Waals surface area contributed by atoms with Gasteiger partial charge in [-0.25, -0.2) is 9.97 Å². The minimum Gasteiger partial charge on any atom is -0.394 e. The fourth-order valence-electron chi connectivity index (χ4n) is 2.51. The topological polar surface area (TPSA) is 69.5 Å². The first-order valence-electron chi connectivity index (χ1n) is 7.51. The highest BCUT2D eigenvalue weighted by Crippen LogP contribution is 2.27. The van der Waals surface area contributed by atoms with Crippen LogP contribution < -0.4 is 4.90 Å². The third kappa shape index (κ3) is 3.31. The second kappa shape index (κ2) is 6.73. The molecule has 23 heavy (non-hydrogen) atoms. The van der Waals surface area contributed by atoms with Crippen LogP contribution in [0.5, 0.6) is 0 Å². The van der Waals surface area contributed by atoms with Crippen LogP contribution in [0.15, 0.2) is 54.6 Å². The molecule has 0 bridgehead atoms. The quantitative estimate of drug-likeness (QED) is 0.755. The monoisotopic (exact) mass is 309 g/mol. The average molecular weight is 309 g/mol. The zero-order valence-corrected chi connectivity index (χ0v) is 12.9. The molecule has 1 aromatic heterocycles. The molecule has 3 rings (SSSR count). The van der Waals surface area contributed by atoms with Gasteiger partial charge < -0.3 is 15.1 Å². The summed E-state index contributed by atoms with van der Waals surface area (Å²) in [5, 5.41) is 19.6. The number of hydrogen-bond donors (Lipinski definition) is 2. The fourth-order valence-corrected chi connectivity index (χ4v) is 2.51. The molecule has 0 aliphatic carbocycles. The molecule has 0 saturated carbocycles. The van der Waals surface area contributed by atoms with Gasteiger partial charge in [0.25, 0.3) is 0 Å². The number of hydrogen-bond acceptors (Lipinski definition) is 5. The maximum absolute atomic E-state index is 9.64. The van der Waals surface area contributed by atoms with Crippen molar-refractivity contribution in [2.24, 2.45) is 0 Å². The van der Waals surface area contributed by atoms with Crippen molar-refractivity contribution in [1.29, 1.82) is 0 Å². The Morgan fingerprint density at radius 2 is 1.70 bits per heavy atom. The highest BCUT2D eigenvalue weighted by Gasteiger charge is 2.14. The Balaban J connectivity index is 2.11. The summed E-state index contributed by atoms with van der Waals surface area (Å²) >= 11 is 0. The summed E-state index contributed by atoms with van der Waals surface area (Å²) in [7, 11) is 1.80. The molecule has 1 heterocycles. The van der Waals surface area contributed by atoms with E-state index in [-0.39, 0.29) is 13.2 Å². The lowest BCUT2D eigenvalue weighted by Gasteiger charge is -2.21. The molecular weight excluding hydrogens is 290 g/mol. The van der Waals surface area contributed by atoms with E-state index in [1.807, 2.05) is 54.6 Å². The molecule has 1 atom stereocenters. The summed E-state index contributed by atoms with van der Waals surface area (Å²) in [6.07, 6.45) is -0.824. The van der Waals surface area contributed by atoms with Crippen LogP contribution in [-0.4, -0.2) is 46.5 Å². The number of rotatable bonds is 5. The van der Waals surface area contributed by atoms with Crippen molar-refractivity contribution in [3.05, 3.63) is 54.6 Å². The van der Waals surface area contributed by atoms with E-state index in [1.165, 1.54) is 0 Å². The Morgan fingerprint density at radius 3 is 2.43 bits per heavy atom. The minimum atomic E-state index is -0.824. The third-order valence-corrected chi connectivity index (χ3v) is 3.68. The Labute approximate surface area is 134 Å². The van der Waals surface area contributed by atoms with E-state index in [1.54, 1.807) is 11.9 Å². The molecule has 3 aromatic rings. The number of para-hydroxylation sites is 1. The molecule has 2 aromatic carbocycles. The fraction of sp³-hybridized carbons (Fsp3) is 0.222. The van der Waals surface area contributed by atoms with Crippen LogP contribution in [0.4, 0.5) is 5.95 Å². The molecule has 0 amide bonds. The van der Waals surface area contributed by atoms with Crippen LogP contribution in [-0.2, 0) is 0 Å². The smallest absolute Gasteiger partial charge is 0.226 e. The van der Waals surface area contributed by atoms with Gasteiger partial charge in [-0.05, 0) is 6.07 Å². The predicted octanol–water partition coefficient (Wildman–Crippen LogP) is 2.09. The first-order valence-corrected chi connectivity index (χ1v) is 7.51. The van der Waals surface area contributed by atoms with Crippen LogP contribution in [0.25, 0.3) is 22.2 Å². The lowest BCUT2D eigenvalue weighted by molar-refractivity contribution is 0.101. The van der Waals surface area contributed by atoms with E-state index in [2.05, 4.69) is 9.97 Å². The molecule has 0 radical (unpaired) electrons. The number of aromatic nitrogens is 2. The van der Waals surface area contributed by atoms with Gasteiger partial charge in [0, 0.05) is 24.5 Å². The van der Waals surface area contributed by atoms with E-state index >= 15 is 0 Å². The van der Waals surface area contributed by atoms with Crippen LogP contribution in [0.1, 0.15) is 0 Å². The molecule has 0 aliphatic heterocycles. The summed E-state index contributed by atoms with van der Waals surface area (Å²) < 4.78 is 0. The molecule has 5 nitrogen and oxygen atoms in total. The summed E-state index contributed by atoms with van der Waals surface area (Å²) in [6, 6.07) is 17.8. The average Bonchev–Trinajstić information content (AvgIpc) is 2.61. The van der Waals surface area contributed by atoms with Gasteiger partial charge in [0.1, 0.15) is 0 Å². The number of aliphatic hydroxyl groups excluding tert-OH is 2. The molecule has 0 fully saturated rings. The normalized spacial score (nSPS) is 12.3. The first-order chi connectivity index (χ1) is 11.2. The van der Waals surface area contributed by atoms with Gasteiger partial charge in [-0.1, -0.05) is 48.5 Å². The van der Waals surface area contributed by atoms with Crippen molar-refractivity contribution in [3.8, 4) is 11.3 Å². The molecular formula is C18H19N3O2. The number of aliphatic hydroxyl groups is 2. The van der Waals surface area contributed by atoms with Gasteiger partial charge in [0.2, 0.25) is 5.95 Å². The summed E-state index contributed by atoms with van der Waals surface area (Å²) in [5.74, 6) is 0.523. The summed E-state index contributed by atoms with van der Waals surface area (Å²) in [4.78, 5) is 11.0. The van der Waals surface area contributed by atoms with Gasteiger partial charge >= 0.3 is 0 Å². The Morgan fingerprint density at radius 1 is 1.00 bits per heavy atom. The number of fused-ring (bicyclic) bond motifs is 1. The Kier molecular flexibility index (Phi) is 4.50. The molecule has 0 aliphatic rings. The minimum absolute atomic E-state index is 0.267. The standard InChI is InChI=1S/C18H19N3O2/c1-21(11-14(23)12-22)18-19-16-10-6-5-9-15(16)17(20-18)13-7-3-2-4-8-13/h2-10,14,22-23H,11-12H2,1H3/t14-/m0/s1. The maximum atomic E-state index is 9.64. The Hall–Kier alpha value is -2.50. The highest BCUT2D eigenvalue weighted by molar-refractivity contribution is 5.93. The lowest BCUT2D eigenvalue weighted by Crippen LogP contribution is -2.32. The second-order valence-corrected chi connectivity index (χ2v) is 5.47. The molecule has 118 valence electrons. The number of nitrogens with zero attached hydrogens (tertiary/aromatic N) is 3. The van der Waals surface area contributed by atoms with E-state index in [4.69, 9.17) is 5.11 Å². The van der Waals surface area contributed by atoms with Crippen molar-refractivity contribution in [2.75, 3.05) is 25.1 Å². The Bertz CT molecular complexity index is 793. The van der Waals surface area contributed by atoms with E-state index in [9.17, 15) is 5.11 Å². The SMILES string of the molecule is CN(C[C@H](O)CO)c1nc(-c2ccccc2)c2ccccc2n1. The number of likely N-dealkylation sites (N-methyl/N-ethyl adjacent to an activating group) is 1. The second-order valence-electron chi connectivity index (χ2n) is 5.47. The van der Waals surface area contributed by atoms with Gasteiger partial charge in [-0.15, -0.1) is 0 Å². The van der Waals surface area contributed by atoms with Gasteiger partial charge in [-0.2, -0.15) is 0 Å². The summed E-state index contributed by atoms with van der Waals surface area (Å²) in [5.41, 5.74) is 2.72. The van der Waals surface area contributed by atoms with E-state index < -0.39 is 6.10 Å². The van der Waals surface area contributed by atoms with Crippen LogP contribution >= 0.6 is 0 Å². The molecule has 0 saturated heterocycles. The van der Waals surface area contributed by atoms with Gasteiger partial charge in [-0.3, -0.25) is 0 Å². The van der Waals surface area contributed by atoms with Crippen LogP contribution in [0.2, 0.25) is 0 Å². The third-order valence-electron chi connectivity index (χ3n) is 3.68. The molecule has 0 spiro atoms. The largest absolute Gasteiger partial charge is 0.394 e. The maximum Gasteiger partial charge on any atom is 0.226 e. The van der Waals surface area contributed by atoms with Gasteiger partial charge in [0.05, 0.1) is 23.9 Å². The van der Waals surface area contributed by atoms with E-state index in [0.717, 1.165) is 22.2 Å². The zero-order valence-electron chi connectivity index (χ0n) is 12.9.